The fourth-order valence-electron chi connectivity index (χ4n) is 1.81. The Bertz CT molecular complexity index is 756. The zero-order valence-electron chi connectivity index (χ0n) is 11.7. The molecule has 7 heteroatoms. The average Bonchev–Trinajstić information content (AvgIpc) is 2.52. The van der Waals surface area contributed by atoms with E-state index in [9.17, 15) is 19.3 Å². The molecule has 0 aliphatic heterocycles. The number of carbonyl (C=O) groups excluding carboxylic acids is 1. The predicted octanol–water partition coefficient (Wildman–Crippen LogP) is 4.14. The number of esters is 1. The van der Waals surface area contributed by atoms with Crippen LogP contribution in [0.1, 0.15) is 11.1 Å². The van der Waals surface area contributed by atoms with Crippen molar-refractivity contribution in [3.63, 3.8) is 0 Å². The monoisotopic (exact) mass is 335 g/mol. The lowest BCUT2D eigenvalue weighted by atomic mass is 10.1. The van der Waals surface area contributed by atoms with Crippen LogP contribution in [0.5, 0.6) is 0 Å². The van der Waals surface area contributed by atoms with Gasteiger partial charge in [-0.15, -0.1) is 0 Å². The first-order valence-corrected chi connectivity index (χ1v) is 6.88. The number of para-hydroxylation sites is 1. The van der Waals surface area contributed by atoms with E-state index in [1.807, 2.05) is 0 Å². The number of hydrogen-bond acceptors (Lipinski definition) is 4. The highest BCUT2D eigenvalue weighted by molar-refractivity contribution is 6.31. The Morgan fingerprint density at radius 2 is 2.00 bits per heavy atom. The van der Waals surface area contributed by atoms with Crippen molar-refractivity contribution in [3.05, 3.63) is 80.6 Å². The van der Waals surface area contributed by atoms with Crippen molar-refractivity contribution in [2.75, 3.05) is 0 Å². The number of benzene rings is 2. The largest absolute Gasteiger partial charge is 0.457 e. The Hall–Kier alpha value is -2.73. The van der Waals surface area contributed by atoms with Gasteiger partial charge in [-0.3, -0.25) is 10.1 Å². The molecule has 2 rings (SSSR count). The Morgan fingerprint density at radius 3 is 2.70 bits per heavy atom. The van der Waals surface area contributed by atoms with E-state index < -0.39 is 16.7 Å². The van der Waals surface area contributed by atoms with Crippen LogP contribution in [0.4, 0.5) is 10.1 Å². The highest BCUT2D eigenvalue weighted by Crippen LogP contribution is 2.21. The summed E-state index contributed by atoms with van der Waals surface area (Å²) in [6, 6.07) is 10.1. The van der Waals surface area contributed by atoms with Crippen molar-refractivity contribution in [2.24, 2.45) is 0 Å². The standard InChI is InChI=1S/C16H11ClFNO4/c17-13-5-3-6-14(18)12(13)10-23-16(20)9-8-11-4-1-2-7-15(11)19(21)22/h1-9H,10H2/b9-8+. The second-order valence-electron chi connectivity index (χ2n) is 4.46. The first-order valence-electron chi connectivity index (χ1n) is 6.50. The quantitative estimate of drug-likeness (QED) is 0.356. The van der Waals surface area contributed by atoms with Gasteiger partial charge < -0.3 is 4.74 Å². The lowest BCUT2D eigenvalue weighted by Gasteiger charge is -2.05. The zero-order chi connectivity index (χ0) is 16.8. The van der Waals surface area contributed by atoms with Crippen molar-refractivity contribution >= 4 is 29.3 Å². The van der Waals surface area contributed by atoms with Gasteiger partial charge >= 0.3 is 5.97 Å². The van der Waals surface area contributed by atoms with Gasteiger partial charge in [-0.05, 0) is 24.3 Å². The number of rotatable bonds is 5. The molecule has 0 saturated carbocycles. The summed E-state index contributed by atoms with van der Waals surface area (Å²) in [5, 5.41) is 11.0. The number of nitro benzene ring substituents is 1. The van der Waals surface area contributed by atoms with E-state index in [1.165, 1.54) is 42.5 Å². The smallest absolute Gasteiger partial charge is 0.331 e. The molecular weight excluding hydrogens is 325 g/mol. The molecule has 0 aliphatic carbocycles. The van der Waals surface area contributed by atoms with Gasteiger partial charge in [0.05, 0.1) is 15.5 Å². The first-order chi connectivity index (χ1) is 11.0. The fraction of sp³-hybridized carbons (Fsp3) is 0.0625. The van der Waals surface area contributed by atoms with Crippen LogP contribution in [0.25, 0.3) is 6.08 Å². The predicted molar refractivity (Wildman–Crippen MR) is 83.3 cm³/mol. The zero-order valence-corrected chi connectivity index (χ0v) is 12.5. The average molecular weight is 336 g/mol. The number of hydrogen-bond donors (Lipinski definition) is 0. The van der Waals surface area contributed by atoms with Crippen LogP contribution in [-0.2, 0) is 16.1 Å². The first kappa shape index (κ1) is 16.6. The number of halogens is 2. The van der Waals surface area contributed by atoms with E-state index in [-0.39, 0.29) is 28.4 Å². The molecule has 0 atom stereocenters. The van der Waals surface area contributed by atoms with Gasteiger partial charge in [-0.2, -0.15) is 0 Å². The van der Waals surface area contributed by atoms with Crippen LogP contribution in [0, 0.1) is 15.9 Å². The van der Waals surface area contributed by atoms with Crippen LogP contribution in [-0.4, -0.2) is 10.9 Å². The minimum atomic E-state index is -0.762. The normalized spacial score (nSPS) is 10.7. The lowest BCUT2D eigenvalue weighted by Crippen LogP contribution is -2.03. The molecule has 5 nitrogen and oxygen atoms in total. The Balaban J connectivity index is 2.04. The molecule has 0 aromatic heterocycles. The summed E-state index contributed by atoms with van der Waals surface area (Å²) in [6.07, 6.45) is 2.31. The third kappa shape index (κ3) is 4.37. The third-order valence-corrected chi connectivity index (χ3v) is 3.31. The molecule has 0 bridgehead atoms. The second kappa shape index (κ2) is 7.51. The number of ether oxygens (including phenoxy) is 1. The van der Waals surface area contributed by atoms with Gasteiger partial charge in [0, 0.05) is 17.7 Å². The molecule has 0 amide bonds. The fourth-order valence-corrected chi connectivity index (χ4v) is 2.03. The molecule has 0 N–H and O–H groups in total. The SMILES string of the molecule is O=C(/C=C/c1ccccc1[N+](=O)[O-])OCc1c(F)cccc1Cl. The maximum Gasteiger partial charge on any atom is 0.331 e. The Kier molecular flexibility index (Phi) is 5.43. The lowest BCUT2D eigenvalue weighted by molar-refractivity contribution is -0.385. The topological polar surface area (TPSA) is 69.4 Å². The number of nitrogens with zero attached hydrogens (tertiary/aromatic N) is 1. The van der Waals surface area contributed by atoms with Gasteiger partial charge in [0.15, 0.2) is 0 Å². The van der Waals surface area contributed by atoms with E-state index >= 15 is 0 Å². The van der Waals surface area contributed by atoms with Crippen molar-refractivity contribution in [1.82, 2.24) is 0 Å². The van der Waals surface area contributed by atoms with Gasteiger partial charge in [-0.1, -0.05) is 29.8 Å². The maximum absolute atomic E-state index is 13.5. The molecule has 0 saturated heterocycles. The molecule has 2 aromatic carbocycles. The molecule has 118 valence electrons. The summed E-state index contributed by atoms with van der Waals surface area (Å²) in [5.41, 5.74) is 0.202. The van der Waals surface area contributed by atoms with Crippen molar-refractivity contribution in [2.45, 2.75) is 6.61 Å². The van der Waals surface area contributed by atoms with Crippen LogP contribution in [0.2, 0.25) is 5.02 Å². The highest BCUT2D eigenvalue weighted by atomic mass is 35.5. The van der Waals surface area contributed by atoms with Crippen LogP contribution < -0.4 is 0 Å². The van der Waals surface area contributed by atoms with Crippen molar-refractivity contribution in [3.8, 4) is 0 Å². The van der Waals surface area contributed by atoms with Gasteiger partial charge in [0.25, 0.3) is 5.69 Å². The molecule has 23 heavy (non-hydrogen) atoms. The van der Waals surface area contributed by atoms with E-state index in [0.717, 1.165) is 6.08 Å². The van der Waals surface area contributed by atoms with Crippen LogP contribution in [0.15, 0.2) is 48.5 Å². The summed E-state index contributed by atoms with van der Waals surface area (Å²) in [5.74, 6) is -1.34. The van der Waals surface area contributed by atoms with Crippen molar-refractivity contribution in [1.29, 1.82) is 0 Å². The molecule has 2 aromatic rings. The molecule has 0 fully saturated rings. The highest BCUT2D eigenvalue weighted by Gasteiger charge is 2.11. The van der Waals surface area contributed by atoms with Crippen LogP contribution in [0.3, 0.4) is 0 Å². The Morgan fingerprint density at radius 1 is 1.26 bits per heavy atom. The summed E-state index contributed by atoms with van der Waals surface area (Å²) in [6.45, 7) is -0.328. The van der Waals surface area contributed by atoms with Gasteiger partial charge in [0.1, 0.15) is 12.4 Å². The second-order valence-corrected chi connectivity index (χ2v) is 4.86. The van der Waals surface area contributed by atoms with Gasteiger partial charge in [-0.25, -0.2) is 9.18 Å². The van der Waals surface area contributed by atoms with E-state index in [2.05, 4.69) is 0 Å². The maximum atomic E-state index is 13.5. The van der Waals surface area contributed by atoms with E-state index in [1.54, 1.807) is 6.07 Å². The summed E-state index contributed by atoms with van der Waals surface area (Å²) >= 11 is 5.82. The van der Waals surface area contributed by atoms with E-state index in [4.69, 9.17) is 16.3 Å². The molecular formula is C16H11ClFNO4. The summed E-state index contributed by atoms with van der Waals surface area (Å²) < 4.78 is 18.4. The van der Waals surface area contributed by atoms with Crippen molar-refractivity contribution < 1.29 is 18.8 Å². The van der Waals surface area contributed by atoms with Crippen LogP contribution >= 0.6 is 11.6 Å². The minimum absolute atomic E-state index is 0.0709. The molecule has 0 heterocycles. The Labute approximate surface area is 136 Å². The van der Waals surface area contributed by atoms with Gasteiger partial charge in [0.2, 0.25) is 0 Å². The molecule has 0 unspecified atom stereocenters. The summed E-state index contributed by atoms with van der Waals surface area (Å²) in [7, 11) is 0. The minimum Gasteiger partial charge on any atom is -0.457 e. The molecule has 0 radical (unpaired) electrons. The summed E-state index contributed by atoms with van der Waals surface area (Å²) in [4.78, 5) is 21.9. The number of carbonyl (C=O) groups is 1. The van der Waals surface area contributed by atoms with E-state index in [0.29, 0.717) is 0 Å². The third-order valence-electron chi connectivity index (χ3n) is 2.95. The number of nitro groups is 1. The molecule has 0 spiro atoms. The molecule has 0 aliphatic rings.